The number of nitrogens with zero attached hydrogens (tertiary/aromatic N) is 2. The van der Waals surface area contributed by atoms with Gasteiger partial charge in [0.05, 0.1) is 5.69 Å². The molecule has 1 aliphatic rings. The molecule has 0 atom stereocenters. The van der Waals surface area contributed by atoms with Crippen molar-refractivity contribution in [1.82, 2.24) is 4.90 Å². The van der Waals surface area contributed by atoms with Crippen LogP contribution in [0.5, 0.6) is 17.2 Å². The molecule has 0 unspecified atom stereocenters. The third-order valence-electron chi connectivity index (χ3n) is 4.95. The molecule has 3 aromatic rings. The van der Waals surface area contributed by atoms with Crippen molar-refractivity contribution in [3.63, 3.8) is 0 Å². The van der Waals surface area contributed by atoms with E-state index in [0.717, 1.165) is 5.56 Å². The van der Waals surface area contributed by atoms with E-state index in [1.165, 1.54) is 22.7 Å². The minimum atomic E-state index is -3.60. The normalized spacial score (nSPS) is 12.4. The summed E-state index contributed by atoms with van der Waals surface area (Å²) in [5.41, 5.74) is 1.42. The monoisotopic (exact) mass is 474 g/mol. The van der Waals surface area contributed by atoms with E-state index in [9.17, 15) is 13.2 Å². The molecule has 0 radical (unpaired) electrons. The summed E-state index contributed by atoms with van der Waals surface area (Å²) in [6, 6.07) is 15.4. The molecular formula is C22H22N2O6S2. The lowest BCUT2D eigenvalue weighted by Gasteiger charge is -2.19. The van der Waals surface area contributed by atoms with Crippen molar-refractivity contribution in [3.05, 3.63) is 65.5 Å². The van der Waals surface area contributed by atoms with Crippen molar-refractivity contribution in [1.29, 1.82) is 0 Å². The maximum Gasteiger partial charge on any atom is 0.273 e. The van der Waals surface area contributed by atoms with Crippen LogP contribution >= 0.6 is 11.3 Å². The lowest BCUT2D eigenvalue weighted by molar-refractivity contribution is -0.132. The zero-order chi connectivity index (χ0) is 22.7. The van der Waals surface area contributed by atoms with Crippen LogP contribution in [0.25, 0.3) is 0 Å². The number of carbonyl (C=O) groups is 1. The Balaban J connectivity index is 1.32. The SMILES string of the molecule is CN(Cc1ccc2c(c1)OCO2)C(=O)COc1ccc(N(C)S(=O)(=O)c2cccs2)cc1. The highest BCUT2D eigenvalue weighted by atomic mass is 32.2. The number of sulfonamides is 1. The largest absolute Gasteiger partial charge is 0.484 e. The summed E-state index contributed by atoms with van der Waals surface area (Å²) in [5, 5.41) is 1.72. The van der Waals surface area contributed by atoms with Crippen molar-refractivity contribution in [2.24, 2.45) is 0 Å². The number of hydrogen-bond acceptors (Lipinski definition) is 7. The van der Waals surface area contributed by atoms with Gasteiger partial charge in [0, 0.05) is 20.6 Å². The first kappa shape index (κ1) is 22.0. The van der Waals surface area contributed by atoms with Crippen LogP contribution in [0.4, 0.5) is 5.69 Å². The summed E-state index contributed by atoms with van der Waals surface area (Å²) in [6.07, 6.45) is 0. The van der Waals surface area contributed by atoms with E-state index >= 15 is 0 Å². The van der Waals surface area contributed by atoms with E-state index in [4.69, 9.17) is 14.2 Å². The molecule has 0 spiro atoms. The van der Waals surface area contributed by atoms with Gasteiger partial charge in [-0.15, -0.1) is 11.3 Å². The van der Waals surface area contributed by atoms with E-state index in [-0.39, 0.29) is 23.5 Å². The quantitative estimate of drug-likeness (QED) is 0.498. The first-order valence-corrected chi connectivity index (χ1v) is 12.0. The number of likely N-dealkylation sites (N-methyl/N-ethyl adjacent to an activating group) is 1. The molecule has 1 aromatic heterocycles. The topological polar surface area (TPSA) is 85.4 Å². The molecule has 4 rings (SSSR count). The summed E-state index contributed by atoms with van der Waals surface area (Å²) in [4.78, 5) is 14.0. The summed E-state index contributed by atoms with van der Waals surface area (Å²) < 4.78 is 43.0. The minimum Gasteiger partial charge on any atom is -0.484 e. The fourth-order valence-corrected chi connectivity index (χ4v) is 5.45. The number of anilines is 1. The van der Waals surface area contributed by atoms with Gasteiger partial charge in [0.2, 0.25) is 6.79 Å². The van der Waals surface area contributed by atoms with E-state index in [1.54, 1.807) is 53.7 Å². The number of carbonyl (C=O) groups excluding carboxylic acids is 1. The standard InChI is InChI=1S/C22H22N2O6S2/c1-23(13-16-5-10-19-20(12-16)30-15-29-19)21(25)14-28-18-8-6-17(7-9-18)24(2)32(26,27)22-4-3-11-31-22/h3-12H,13-15H2,1-2H3. The number of ether oxygens (including phenoxy) is 3. The summed E-state index contributed by atoms with van der Waals surface area (Å²) in [7, 11) is -0.401. The second kappa shape index (κ2) is 9.09. The Hall–Kier alpha value is -3.24. The lowest BCUT2D eigenvalue weighted by atomic mass is 10.2. The first-order valence-electron chi connectivity index (χ1n) is 9.72. The van der Waals surface area contributed by atoms with Gasteiger partial charge in [-0.1, -0.05) is 12.1 Å². The molecule has 0 saturated heterocycles. The lowest BCUT2D eigenvalue weighted by Crippen LogP contribution is -2.31. The average Bonchev–Trinajstić information content (AvgIpc) is 3.49. The molecule has 1 aliphatic heterocycles. The smallest absolute Gasteiger partial charge is 0.273 e. The third kappa shape index (κ3) is 4.66. The summed E-state index contributed by atoms with van der Waals surface area (Å²) in [6.45, 7) is 0.475. The Labute approximate surface area is 190 Å². The Morgan fingerprint density at radius 1 is 1.06 bits per heavy atom. The van der Waals surface area contributed by atoms with Crippen molar-refractivity contribution >= 4 is 33.0 Å². The predicted octanol–water partition coefficient (Wildman–Crippen LogP) is 3.34. The number of amides is 1. The van der Waals surface area contributed by atoms with Gasteiger partial charge in [0.1, 0.15) is 9.96 Å². The fraction of sp³-hybridized carbons (Fsp3) is 0.227. The van der Waals surface area contributed by atoms with Gasteiger partial charge in [0.25, 0.3) is 15.9 Å². The van der Waals surface area contributed by atoms with Crippen LogP contribution in [-0.2, 0) is 21.4 Å². The van der Waals surface area contributed by atoms with E-state index in [0.29, 0.717) is 29.5 Å². The molecule has 2 heterocycles. The molecule has 10 heteroatoms. The number of benzene rings is 2. The molecule has 32 heavy (non-hydrogen) atoms. The van der Waals surface area contributed by atoms with Gasteiger partial charge in [-0.2, -0.15) is 0 Å². The molecule has 0 N–H and O–H groups in total. The van der Waals surface area contributed by atoms with Gasteiger partial charge in [-0.25, -0.2) is 8.42 Å². The number of rotatable bonds is 8. The molecule has 2 aromatic carbocycles. The van der Waals surface area contributed by atoms with Gasteiger partial charge < -0.3 is 19.1 Å². The van der Waals surface area contributed by atoms with Crippen LogP contribution < -0.4 is 18.5 Å². The van der Waals surface area contributed by atoms with E-state index < -0.39 is 10.0 Å². The van der Waals surface area contributed by atoms with E-state index in [1.807, 2.05) is 18.2 Å². The second-order valence-electron chi connectivity index (χ2n) is 7.12. The molecule has 8 nitrogen and oxygen atoms in total. The van der Waals surface area contributed by atoms with Crippen LogP contribution in [0, 0.1) is 0 Å². The molecule has 0 saturated carbocycles. The Morgan fingerprint density at radius 3 is 2.53 bits per heavy atom. The molecule has 0 bridgehead atoms. The second-order valence-corrected chi connectivity index (χ2v) is 10.3. The summed E-state index contributed by atoms with van der Waals surface area (Å²) >= 11 is 1.17. The fourth-order valence-electron chi connectivity index (χ4n) is 3.09. The predicted molar refractivity (Wildman–Crippen MR) is 121 cm³/mol. The van der Waals surface area contributed by atoms with Crippen molar-refractivity contribution in [2.75, 3.05) is 31.8 Å². The number of thiophene rings is 1. The zero-order valence-corrected chi connectivity index (χ0v) is 19.2. The van der Waals surface area contributed by atoms with Crippen molar-refractivity contribution < 1.29 is 27.4 Å². The minimum absolute atomic E-state index is 0.135. The molecule has 0 fully saturated rings. The first-order chi connectivity index (χ1) is 15.3. The van der Waals surface area contributed by atoms with Crippen molar-refractivity contribution in [3.8, 4) is 17.2 Å². The van der Waals surface area contributed by atoms with Gasteiger partial charge in [0.15, 0.2) is 18.1 Å². The molecular weight excluding hydrogens is 452 g/mol. The molecule has 0 aliphatic carbocycles. The van der Waals surface area contributed by atoms with Crippen LogP contribution in [0.15, 0.2) is 64.2 Å². The van der Waals surface area contributed by atoms with Crippen LogP contribution in [0.1, 0.15) is 5.56 Å². The van der Waals surface area contributed by atoms with E-state index in [2.05, 4.69) is 0 Å². The number of hydrogen-bond donors (Lipinski definition) is 0. The third-order valence-corrected chi connectivity index (χ3v) is 8.11. The van der Waals surface area contributed by atoms with Gasteiger partial charge in [-0.3, -0.25) is 9.10 Å². The van der Waals surface area contributed by atoms with Crippen molar-refractivity contribution in [2.45, 2.75) is 10.8 Å². The highest BCUT2D eigenvalue weighted by molar-refractivity contribution is 7.94. The van der Waals surface area contributed by atoms with Gasteiger partial charge >= 0.3 is 0 Å². The van der Waals surface area contributed by atoms with Crippen LogP contribution in [0.3, 0.4) is 0 Å². The molecule has 168 valence electrons. The highest BCUT2D eigenvalue weighted by Crippen LogP contribution is 2.32. The van der Waals surface area contributed by atoms with Crippen LogP contribution in [0.2, 0.25) is 0 Å². The Kier molecular flexibility index (Phi) is 6.24. The Morgan fingerprint density at radius 2 is 1.81 bits per heavy atom. The average molecular weight is 475 g/mol. The highest BCUT2D eigenvalue weighted by Gasteiger charge is 2.22. The van der Waals surface area contributed by atoms with Crippen LogP contribution in [-0.4, -0.2) is 46.7 Å². The maximum atomic E-state index is 12.6. The number of fused-ring (bicyclic) bond motifs is 1. The maximum absolute atomic E-state index is 12.6. The molecule has 1 amide bonds. The zero-order valence-electron chi connectivity index (χ0n) is 17.6. The summed E-state index contributed by atoms with van der Waals surface area (Å²) in [5.74, 6) is 1.65. The van der Waals surface area contributed by atoms with Gasteiger partial charge in [-0.05, 0) is 53.4 Å². The Bertz CT molecular complexity index is 1190.